The van der Waals surface area contributed by atoms with Crippen LogP contribution in [0.1, 0.15) is 27.8 Å². The molecule has 106 valence electrons. The molecule has 0 saturated carbocycles. The van der Waals surface area contributed by atoms with E-state index in [1.54, 1.807) is 0 Å². The maximum atomic E-state index is 3.50. The zero-order valence-electron chi connectivity index (χ0n) is 12.1. The molecule has 0 fully saturated rings. The molecule has 0 radical (unpaired) electrons. The first kappa shape index (κ1) is 13.5. The lowest BCUT2D eigenvalue weighted by Crippen LogP contribution is -2.06. The fourth-order valence-electron chi connectivity index (χ4n) is 3.11. The van der Waals surface area contributed by atoms with Crippen LogP contribution in [-0.2, 0) is 6.42 Å². The molecule has 0 atom stereocenters. The van der Waals surface area contributed by atoms with Gasteiger partial charge in [0.1, 0.15) is 0 Å². The zero-order chi connectivity index (χ0) is 14.9. The van der Waals surface area contributed by atoms with Gasteiger partial charge in [0.05, 0.1) is 0 Å². The van der Waals surface area contributed by atoms with E-state index in [9.17, 15) is 0 Å². The Hall–Kier alpha value is -2.12. The number of halogens is 1. The first-order valence-corrected chi connectivity index (χ1v) is 8.24. The first-order valence-electron chi connectivity index (χ1n) is 7.45. The summed E-state index contributed by atoms with van der Waals surface area (Å²) in [6.07, 6.45) is 3.31. The van der Waals surface area contributed by atoms with Crippen LogP contribution >= 0.6 is 15.9 Å². The Bertz CT molecular complexity index is 810. The van der Waals surface area contributed by atoms with Crippen molar-refractivity contribution in [3.05, 3.63) is 105 Å². The molecule has 0 aliphatic heterocycles. The Morgan fingerprint density at radius 1 is 0.682 bits per heavy atom. The van der Waals surface area contributed by atoms with Gasteiger partial charge in [0.2, 0.25) is 0 Å². The first-order chi connectivity index (χ1) is 10.8. The predicted octanol–water partition coefficient (Wildman–Crippen LogP) is 5.94. The number of fused-ring (bicyclic) bond motifs is 2. The fourth-order valence-corrected chi connectivity index (χ4v) is 3.37. The summed E-state index contributed by atoms with van der Waals surface area (Å²) >= 11 is 3.50. The summed E-state index contributed by atoms with van der Waals surface area (Å²) in [7, 11) is 0. The molecule has 0 amide bonds. The van der Waals surface area contributed by atoms with Gasteiger partial charge in [-0.05, 0) is 58.0 Å². The Balaban J connectivity index is 1.93. The van der Waals surface area contributed by atoms with Crippen molar-refractivity contribution >= 4 is 27.6 Å². The summed E-state index contributed by atoms with van der Waals surface area (Å²) in [5, 5.41) is 0. The van der Waals surface area contributed by atoms with Gasteiger partial charge in [0, 0.05) is 4.47 Å². The average molecular weight is 347 g/mol. The lowest BCUT2D eigenvalue weighted by molar-refractivity contribution is 1.14. The minimum Gasteiger partial charge on any atom is -0.0619 e. The van der Waals surface area contributed by atoms with Crippen LogP contribution in [0.4, 0.5) is 0 Å². The van der Waals surface area contributed by atoms with Crippen LogP contribution in [0, 0.1) is 0 Å². The van der Waals surface area contributed by atoms with Gasteiger partial charge < -0.3 is 0 Å². The molecule has 0 saturated heterocycles. The van der Waals surface area contributed by atoms with Crippen LogP contribution in [0.2, 0.25) is 0 Å². The summed E-state index contributed by atoms with van der Waals surface area (Å²) in [5.41, 5.74) is 8.06. The molecule has 4 rings (SSSR count). The molecule has 0 N–H and O–H groups in total. The van der Waals surface area contributed by atoms with Gasteiger partial charge >= 0.3 is 0 Å². The van der Waals surface area contributed by atoms with Gasteiger partial charge in [0.25, 0.3) is 0 Å². The molecule has 0 aromatic heterocycles. The highest BCUT2D eigenvalue weighted by Crippen LogP contribution is 2.36. The van der Waals surface area contributed by atoms with E-state index in [0.717, 1.165) is 10.9 Å². The SMILES string of the molecule is Brc1ccc(C=C2c3ccccc3Cc3ccccc32)cc1. The summed E-state index contributed by atoms with van der Waals surface area (Å²) in [6, 6.07) is 25.9. The van der Waals surface area contributed by atoms with Gasteiger partial charge in [-0.3, -0.25) is 0 Å². The molecule has 3 aromatic carbocycles. The highest BCUT2D eigenvalue weighted by Gasteiger charge is 2.18. The van der Waals surface area contributed by atoms with E-state index in [0.29, 0.717) is 0 Å². The van der Waals surface area contributed by atoms with Gasteiger partial charge in [-0.15, -0.1) is 0 Å². The second kappa shape index (κ2) is 5.58. The Morgan fingerprint density at radius 3 is 1.82 bits per heavy atom. The van der Waals surface area contributed by atoms with Crippen molar-refractivity contribution in [1.82, 2.24) is 0 Å². The van der Waals surface area contributed by atoms with Crippen LogP contribution in [-0.4, -0.2) is 0 Å². The molecular weight excluding hydrogens is 332 g/mol. The van der Waals surface area contributed by atoms with Crippen molar-refractivity contribution in [2.45, 2.75) is 6.42 Å². The van der Waals surface area contributed by atoms with E-state index in [-0.39, 0.29) is 0 Å². The van der Waals surface area contributed by atoms with Crippen molar-refractivity contribution in [1.29, 1.82) is 0 Å². The molecule has 0 heterocycles. The number of hydrogen-bond acceptors (Lipinski definition) is 0. The molecule has 1 aliphatic carbocycles. The smallest absolute Gasteiger partial charge is 0.0175 e. The van der Waals surface area contributed by atoms with E-state index in [1.807, 2.05) is 0 Å². The van der Waals surface area contributed by atoms with Gasteiger partial charge in [0.15, 0.2) is 0 Å². The summed E-state index contributed by atoms with van der Waals surface area (Å²) < 4.78 is 1.11. The van der Waals surface area contributed by atoms with E-state index in [2.05, 4.69) is 94.8 Å². The minimum absolute atomic E-state index is 1.02. The van der Waals surface area contributed by atoms with Crippen molar-refractivity contribution in [3.8, 4) is 0 Å². The van der Waals surface area contributed by atoms with E-state index >= 15 is 0 Å². The van der Waals surface area contributed by atoms with Gasteiger partial charge in [-0.1, -0.05) is 76.6 Å². The highest BCUT2D eigenvalue weighted by atomic mass is 79.9. The molecule has 1 aliphatic rings. The Labute approximate surface area is 139 Å². The molecule has 22 heavy (non-hydrogen) atoms. The molecule has 1 heteroatoms. The van der Waals surface area contributed by atoms with Crippen LogP contribution in [0.5, 0.6) is 0 Å². The second-order valence-corrected chi connectivity index (χ2v) is 6.52. The lowest BCUT2D eigenvalue weighted by atomic mass is 9.81. The average Bonchev–Trinajstić information content (AvgIpc) is 2.56. The van der Waals surface area contributed by atoms with Crippen molar-refractivity contribution < 1.29 is 0 Å². The maximum absolute atomic E-state index is 3.50. The largest absolute Gasteiger partial charge is 0.0619 e. The maximum Gasteiger partial charge on any atom is 0.0175 e. The normalized spacial score (nSPS) is 12.5. The zero-order valence-corrected chi connectivity index (χ0v) is 13.7. The molecule has 0 unspecified atom stereocenters. The number of rotatable bonds is 1. The van der Waals surface area contributed by atoms with Crippen LogP contribution in [0.25, 0.3) is 11.6 Å². The number of hydrogen-bond donors (Lipinski definition) is 0. The Kier molecular flexibility index (Phi) is 3.44. The topological polar surface area (TPSA) is 0 Å². The Morgan fingerprint density at radius 2 is 1.23 bits per heavy atom. The van der Waals surface area contributed by atoms with Gasteiger partial charge in [-0.2, -0.15) is 0 Å². The standard InChI is InChI=1S/C21H15Br/c22-18-11-9-15(10-12-18)13-21-19-7-3-1-5-16(19)14-17-6-2-4-8-20(17)21/h1-13H,14H2. The predicted molar refractivity (Wildman–Crippen MR) is 96.8 cm³/mol. The summed E-state index contributed by atoms with van der Waals surface area (Å²) in [5.74, 6) is 0. The molecule has 0 nitrogen and oxygen atoms in total. The second-order valence-electron chi connectivity index (χ2n) is 5.60. The van der Waals surface area contributed by atoms with Crippen molar-refractivity contribution in [2.75, 3.05) is 0 Å². The van der Waals surface area contributed by atoms with Crippen LogP contribution in [0.3, 0.4) is 0 Å². The minimum atomic E-state index is 1.02. The quantitative estimate of drug-likeness (QED) is 0.400. The van der Waals surface area contributed by atoms with Crippen LogP contribution < -0.4 is 0 Å². The monoisotopic (exact) mass is 346 g/mol. The van der Waals surface area contributed by atoms with E-state index in [1.165, 1.54) is 33.4 Å². The molecule has 0 spiro atoms. The fraction of sp³-hybridized carbons (Fsp3) is 0.0476. The molecule has 3 aromatic rings. The van der Waals surface area contributed by atoms with Crippen molar-refractivity contribution in [2.24, 2.45) is 0 Å². The third kappa shape index (κ3) is 2.42. The summed E-state index contributed by atoms with van der Waals surface area (Å²) in [4.78, 5) is 0. The van der Waals surface area contributed by atoms with E-state index in [4.69, 9.17) is 0 Å². The highest BCUT2D eigenvalue weighted by molar-refractivity contribution is 9.10. The third-order valence-electron chi connectivity index (χ3n) is 4.18. The van der Waals surface area contributed by atoms with Crippen molar-refractivity contribution in [3.63, 3.8) is 0 Å². The molecule has 0 bridgehead atoms. The molecular formula is C21H15Br. The van der Waals surface area contributed by atoms with Gasteiger partial charge in [-0.25, -0.2) is 0 Å². The van der Waals surface area contributed by atoms with Crippen LogP contribution in [0.15, 0.2) is 77.3 Å². The van der Waals surface area contributed by atoms with E-state index < -0.39 is 0 Å². The summed E-state index contributed by atoms with van der Waals surface area (Å²) in [6.45, 7) is 0. The lowest BCUT2D eigenvalue weighted by Gasteiger charge is -2.22. The third-order valence-corrected chi connectivity index (χ3v) is 4.71. The number of benzene rings is 3.